The van der Waals surface area contributed by atoms with Crippen molar-refractivity contribution in [3.05, 3.63) is 51.7 Å². The predicted molar refractivity (Wildman–Crippen MR) is 93.1 cm³/mol. The molecule has 0 saturated carbocycles. The largest absolute Gasteiger partial charge is 0.451 e. The number of esters is 1. The van der Waals surface area contributed by atoms with Crippen molar-refractivity contribution in [3.63, 3.8) is 0 Å². The molecule has 2 rings (SSSR count). The number of nitrogens with one attached hydrogen (secondary N) is 1. The van der Waals surface area contributed by atoms with Gasteiger partial charge < -0.3 is 10.1 Å². The average molecular weight is 331 g/mol. The molecule has 1 amide bonds. The Labute approximate surface area is 140 Å². The average Bonchev–Trinajstić information content (AvgIpc) is 2.98. The summed E-state index contributed by atoms with van der Waals surface area (Å²) in [6.45, 7) is 5.78. The number of carbonyl (C=O) groups excluding carboxylic acids is 2. The minimum Gasteiger partial charge on any atom is -0.451 e. The van der Waals surface area contributed by atoms with Gasteiger partial charge in [0.05, 0.1) is 0 Å². The molecule has 2 aromatic rings. The van der Waals surface area contributed by atoms with Gasteiger partial charge in [-0.2, -0.15) is 0 Å². The smallest absolute Gasteiger partial charge is 0.349 e. The fourth-order valence-electron chi connectivity index (χ4n) is 2.23. The van der Waals surface area contributed by atoms with Crippen molar-refractivity contribution in [1.29, 1.82) is 0 Å². The molecule has 0 bridgehead atoms. The van der Waals surface area contributed by atoms with Crippen molar-refractivity contribution < 1.29 is 14.3 Å². The molecule has 1 N–H and O–H groups in total. The summed E-state index contributed by atoms with van der Waals surface area (Å²) in [7, 11) is 0. The summed E-state index contributed by atoms with van der Waals surface area (Å²) in [6.07, 6.45) is 0.986. The first-order valence-corrected chi connectivity index (χ1v) is 8.50. The van der Waals surface area contributed by atoms with E-state index >= 15 is 0 Å². The van der Waals surface area contributed by atoms with Gasteiger partial charge in [-0.05, 0) is 47.9 Å². The van der Waals surface area contributed by atoms with Crippen LogP contribution in [0.25, 0.3) is 0 Å². The Hall–Kier alpha value is -2.14. The summed E-state index contributed by atoms with van der Waals surface area (Å²) in [6, 6.07) is 9.55. The van der Waals surface area contributed by atoms with E-state index in [1.807, 2.05) is 42.6 Å². The number of carbonyl (C=O) groups is 2. The molecule has 23 heavy (non-hydrogen) atoms. The second-order valence-electron chi connectivity index (χ2n) is 5.45. The van der Waals surface area contributed by atoms with Gasteiger partial charge in [0.25, 0.3) is 5.91 Å². The Morgan fingerprint density at radius 1 is 1.26 bits per heavy atom. The summed E-state index contributed by atoms with van der Waals surface area (Å²) >= 11 is 1.32. The number of anilines is 1. The van der Waals surface area contributed by atoms with Crippen molar-refractivity contribution in [2.75, 3.05) is 11.9 Å². The number of benzene rings is 1. The molecule has 1 aromatic heterocycles. The lowest BCUT2D eigenvalue weighted by Gasteiger charge is -2.15. The maximum Gasteiger partial charge on any atom is 0.349 e. The van der Waals surface area contributed by atoms with Crippen LogP contribution in [-0.2, 0) is 9.53 Å². The molecule has 0 fully saturated rings. The molecule has 0 spiro atoms. The first-order chi connectivity index (χ1) is 11.0. The minimum absolute atomic E-state index is 0.287. The van der Waals surface area contributed by atoms with Crippen LogP contribution in [0.5, 0.6) is 0 Å². The summed E-state index contributed by atoms with van der Waals surface area (Å²) < 4.78 is 5.09. The van der Waals surface area contributed by atoms with E-state index in [1.54, 1.807) is 0 Å². The lowest BCUT2D eigenvalue weighted by molar-refractivity contribution is -0.119. The Balaban J connectivity index is 1.95. The van der Waals surface area contributed by atoms with Gasteiger partial charge in [0.15, 0.2) is 6.61 Å². The van der Waals surface area contributed by atoms with Crippen LogP contribution in [0.15, 0.2) is 35.7 Å². The molecule has 0 radical (unpaired) electrons. The Kier molecular flexibility index (Phi) is 5.93. The standard InChI is InChI=1S/C18H21NO3S/c1-4-12(2)14-7-5-6-8-15(14)19-16(20)11-22-18(21)17-13(3)9-10-23-17/h5-10,12H,4,11H2,1-3H3,(H,19,20)/t12-/m0/s1. The Morgan fingerprint density at radius 2 is 2.00 bits per heavy atom. The monoisotopic (exact) mass is 331 g/mol. The molecule has 1 atom stereocenters. The molecular weight excluding hydrogens is 310 g/mol. The van der Waals surface area contributed by atoms with Gasteiger partial charge in [-0.1, -0.05) is 32.0 Å². The van der Waals surface area contributed by atoms with E-state index in [2.05, 4.69) is 19.2 Å². The van der Waals surface area contributed by atoms with Crippen LogP contribution in [0.3, 0.4) is 0 Å². The SMILES string of the molecule is CC[C@H](C)c1ccccc1NC(=O)COC(=O)c1sccc1C. The highest BCUT2D eigenvalue weighted by atomic mass is 32.1. The van der Waals surface area contributed by atoms with Crippen LogP contribution in [-0.4, -0.2) is 18.5 Å². The summed E-state index contributed by atoms with van der Waals surface area (Å²) in [5.41, 5.74) is 2.72. The number of para-hydroxylation sites is 1. The first-order valence-electron chi connectivity index (χ1n) is 7.63. The third kappa shape index (κ3) is 4.42. The zero-order valence-electron chi connectivity index (χ0n) is 13.6. The molecule has 0 aliphatic carbocycles. The lowest BCUT2D eigenvalue weighted by atomic mass is 9.97. The number of hydrogen-bond acceptors (Lipinski definition) is 4. The summed E-state index contributed by atoms with van der Waals surface area (Å²) in [5, 5.41) is 4.66. The van der Waals surface area contributed by atoms with Crippen molar-refractivity contribution >= 4 is 28.9 Å². The zero-order chi connectivity index (χ0) is 16.8. The molecule has 1 aromatic carbocycles. The zero-order valence-corrected chi connectivity index (χ0v) is 14.4. The highest BCUT2D eigenvalue weighted by Gasteiger charge is 2.15. The topological polar surface area (TPSA) is 55.4 Å². The van der Waals surface area contributed by atoms with E-state index in [9.17, 15) is 9.59 Å². The van der Waals surface area contributed by atoms with E-state index in [4.69, 9.17) is 4.74 Å². The summed E-state index contributed by atoms with van der Waals surface area (Å²) in [4.78, 5) is 24.5. The molecule has 0 aliphatic rings. The molecule has 1 heterocycles. The third-order valence-corrected chi connectivity index (χ3v) is 4.76. The van der Waals surface area contributed by atoms with Gasteiger partial charge in [0.2, 0.25) is 0 Å². The maximum atomic E-state index is 12.0. The number of amides is 1. The second-order valence-corrected chi connectivity index (χ2v) is 6.37. The van der Waals surface area contributed by atoms with Crippen LogP contribution in [0.2, 0.25) is 0 Å². The molecule has 5 heteroatoms. The van der Waals surface area contributed by atoms with Gasteiger partial charge in [-0.25, -0.2) is 4.79 Å². The maximum absolute atomic E-state index is 12.0. The van der Waals surface area contributed by atoms with Crippen LogP contribution < -0.4 is 5.32 Å². The number of ether oxygens (including phenoxy) is 1. The van der Waals surface area contributed by atoms with E-state index in [1.165, 1.54) is 11.3 Å². The normalized spacial score (nSPS) is 11.8. The van der Waals surface area contributed by atoms with E-state index in [-0.39, 0.29) is 12.5 Å². The van der Waals surface area contributed by atoms with Crippen LogP contribution in [0.1, 0.15) is 47.0 Å². The fourth-order valence-corrected chi connectivity index (χ4v) is 3.04. The van der Waals surface area contributed by atoms with Crippen LogP contribution >= 0.6 is 11.3 Å². The molecule has 0 aliphatic heterocycles. The molecule has 122 valence electrons. The van der Waals surface area contributed by atoms with Crippen molar-refractivity contribution in [1.82, 2.24) is 0 Å². The molecule has 0 saturated heterocycles. The number of hydrogen-bond donors (Lipinski definition) is 1. The van der Waals surface area contributed by atoms with Gasteiger partial charge in [-0.3, -0.25) is 4.79 Å². The fraction of sp³-hybridized carbons (Fsp3) is 0.333. The van der Waals surface area contributed by atoms with Gasteiger partial charge in [0, 0.05) is 5.69 Å². The number of rotatable bonds is 6. The second kappa shape index (κ2) is 7.92. The molecule has 4 nitrogen and oxygen atoms in total. The van der Waals surface area contributed by atoms with Crippen molar-refractivity contribution in [3.8, 4) is 0 Å². The van der Waals surface area contributed by atoms with Crippen LogP contribution in [0.4, 0.5) is 5.69 Å². The van der Waals surface area contributed by atoms with Crippen molar-refractivity contribution in [2.45, 2.75) is 33.1 Å². The molecule has 0 unspecified atom stereocenters. The lowest BCUT2D eigenvalue weighted by Crippen LogP contribution is -2.21. The quantitative estimate of drug-likeness (QED) is 0.800. The molecular formula is C18H21NO3S. The van der Waals surface area contributed by atoms with Gasteiger partial charge in [-0.15, -0.1) is 11.3 Å². The van der Waals surface area contributed by atoms with Crippen molar-refractivity contribution in [2.24, 2.45) is 0 Å². The van der Waals surface area contributed by atoms with Crippen LogP contribution in [0, 0.1) is 6.92 Å². The van der Waals surface area contributed by atoms with Gasteiger partial charge >= 0.3 is 5.97 Å². The van der Waals surface area contributed by atoms with E-state index in [0.717, 1.165) is 23.2 Å². The number of aryl methyl sites for hydroxylation is 1. The number of thiophene rings is 1. The first kappa shape index (κ1) is 17.2. The van der Waals surface area contributed by atoms with E-state index < -0.39 is 5.97 Å². The predicted octanol–water partition coefficient (Wildman–Crippen LogP) is 4.37. The van der Waals surface area contributed by atoms with Gasteiger partial charge in [0.1, 0.15) is 4.88 Å². The summed E-state index contributed by atoms with van der Waals surface area (Å²) in [5.74, 6) is -0.436. The Morgan fingerprint density at radius 3 is 2.65 bits per heavy atom. The van der Waals surface area contributed by atoms with E-state index in [0.29, 0.717) is 10.8 Å². The third-order valence-electron chi connectivity index (χ3n) is 3.76. The highest BCUT2D eigenvalue weighted by molar-refractivity contribution is 7.12. The highest BCUT2D eigenvalue weighted by Crippen LogP contribution is 2.26. The Bertz CT molecular complexity index is 693. The minimum atomic E-state index is -0.456.